The Hall–Kier alpha value is -2.72. The lowest BCUT2D eigenvalue weighted by Crippen LogP contribution is -2.48. The smallest absolute Gasteiger partial charge is 0.229 e. The molecular formula is C25H37N7O2S. The van der Waals surface area contributed by atoms with Crippen molar-refractivity contribution in [2.45, 2.75) is 46.1 Å². The molecule has 0 bridgehead atoms. The number of hydrogen-bond acceptors (Lipinski definition) is 7. The molecule has 1 aliphatic rings. The van der Waals surface area contributed by atoms with Gasteiger partial charge in [-0.2, -0.15) is 14.3 Å². The van der Waals surface area contributed by atoms with Crippen LogP contribution in [0.5, 0.6) is 0 Å². The Bertz CT molecular complexity index is 1210. The molecule has 1 unspecified atom stereocenters. The van der Waals surface area contributed by atoms with E-state index in [1.165, 1.54) is 35.4 Å². The highest BCUT2D eigenvalue weighted by atomic mass is 32.2. The molecule has 190 valence electrons. The minimum absolute atomic E-state index is 0.432. The van der Waals surface area contributed by atoms with Crippen LogP contribution in [-0.4, -0.2) is 71.2 Å². The fourth-order valence-electron chi connectivity index (χ4n) is 4.50. The van der Waals surface area contributed by atoms with Gasteiger partial charge in [-0.05, 0) is 17.9 Å². The largest absolute Gasteiger partial charge is 0.368 e. The summed E-state index contributed by atoms with van der Waals surface area (Å²) in [5.41, 5.74) is 2.73. The number of anilines is 2. The van der Waals surface area contributed by atoms with Crippen molar-refractivity contribution >= 4 is 33.0 Å². The first-order chi connectivity index (χ1) is 16.9. The SMILES string of the molecule is CCCCC(CC)CNc1nc(N2CCN(S(C)(=O)=O)CC2)nc2c1ncn2Cc1ccccc1. The molecule has 0 radical (unpaired) electrons. The van der Waals surface area contributed by atoms with Crippen LogP contribution in [0.3, 0.4) is 0 Å². The molecule has 0 amide bonds. The van der Waals surface area contributed by atoms with E-state index in [-0.39, 0.29) is 0 Å². The van der Waals surface area contributed by atoms with Gasteiger partial charge in [0.05, 0.1) is 19.1 Å². The molecule has 1 fully saturated rings. The molecule has 35 heavy (non-hydrogen) atoms. The Morgan fingerprint density at radius 3 is 2.46 bits per heavy atom. The zero-order valence-corrected chi connectivity index (χ0v) is 21.8. The molecule has 4 rings (SSSR count). The molecule has 3 aromatic rings. The average Bonchev–Trinajstić information content (AvgIpc) is 3.27. The number of nitrogens with zero attached hydrogens (tertiary/aromatic N) is 6. The number of aromatic nitrogens is 4. The van der Waals surface area contributed by atoms with Crippen LogP contribution in [0.25, 0.3) is 11.2 Å². The van der Waals surface area contributed by atoms with Crippen molar-refractivity contribution in [1.29, 1.82) is 0 Å². The van der Waals surface area contributed by atoms with Crippen molar-refractivity contribution in [3.05, 3.63) is 42.2 Å². The van der Waals surface area contributed by atoms with Crippen LogP contribution in [0.1, 0.15) is 45.1 Å². The number of imidazole rings is 1. The van der Waals surface area contributed by atoms with Gasteiger partial charge in [-0.1, -0.05) is 63.4 Å². The zero-order valence-electron chi connectivity index (χ0n) is 21.0. The van der Waals surface area contributed by atoms with Gasteiger partial charge >= 0.3 is 0 Å². The van der Waals surface area contributed by atoms with Gasteiger partial charge in [-0.25, -0.2) is 13.4 Å². The maximum Gasteiger partial charge on any atom is 0.229 e. The summed E-state index contributed by atoms with van der Waals surface area (Å²) in [5.74, 6) is 1.94. The first-order valence-electron chi connectivity index (χ1n) is 12.6. The lowest BCUT2D eigenvalue weighted by molar-refractivity contribution is 0.386. The summed E-state index contributed by atoms with van der Waals surface area (Å²) in [6.45, 7) is 7.95. The monoisotopic (exact) mass is 499 g/mol. The molecule has 0 spiro atoms. The Kier molecular flexibility index (Phi) is 8.22. The van der Waals surface area contributed by atoms with Crippen LogP contribution in [0.15, 0.2) is 36.7 Å². The molecule has 3 heterocycles. The molecule has 1 saturated heterocycles. The quantitative estimate of drug-likeness (QED) is 0.431. The Morgan fingerprint density at radius 2 is 1.80 bits per heavy atom. The highest BCUT2D eigenvalue weighted by Gasteiger charge is 2.26. The molecule has 2 aromatic heterocycles. The molecule has 1 aromatic carbocycles. The zero-order chi connectivity index (χ0) is 24.8. The van der Waals surface area contributed by atoms with Crippen LogP contribution in [0.2, 0.25) is 0 Å². The molecule has 0 saturated carbocycles. The van der Waals surface area contributed by atoms with Gasteiger partial charge in [-0.15, -0.1) is 0 Å². The van der Waals surface area contributed by atoms with E-state index < -0.39 is 10.0 Å². The summed E-state index contributed by atoms with van der Waals surface area (Å²) in [6.07, 6.45) is 7.82. The predicted octanol–water partition coefficient (Wildman–Crippen LogP) is 3.58. The van der Waals surface area contributed by atoms with E-state index in [0.29, 0.717) is 44.6 Å². The standard InChI is InChI=1S/C25H37N7O2S/c1-4-6-10-20(5-2)17-26-23-22-24(31(19-27-22)18-21-11-8-7-9-12-21)29-25(28-23)30-13-15-32(16-14-30)35(3,33)34/h7-9,11-12,19-20H,4-6,10,13-18H2,1-3H3,(H,26,28,29). The summed E-state index contributed by atoms with van der Waals surface area (Å²) in [5, 5.41) is 3.58. The van der Waals surface area contributed by atoms with Gasteiger partial charge in [0.2, 0.25) is 16.0 Å². The highest BCUT2D eigenvalue weighted by molar-refractivity contribution is 7.88. The normalized spacial score (nSPS) is 16.0. The molecule has 0 aliphatic carbocycles. The van der Waals surface area contributed by atoms with Crippen molar-refractivity contribution in [2.24, 2.45) is 5.92 Å². The van der Waals surface area contributed by atoms with E-state index in [2.05, 4.69) is 45.7 Å². The fraction of sp³-hybridized carbons (Fsp3) is 0.560. The number of piperazine rings is 1. The highest BCUT2D eigenvalue weighted by Crippen LogP contribution is 2.25. The number of sulfonamides is 1. The predicted molar refractivity (Wildman–Crippen MR) is 141 cm³/mol. The second-order valence-corrected chi connectivity index (χ2v) is 11.3. The van der Waals surface area contributed by atoms with E-state index in [9.17, 15) is 8.42 Å². The first-order valence-corrected chi connectivity index (χ1v) is 14.4. The van der Waals surface area contributed by atoms with E-state index in [4.69, 9.17) is 9.97 Å². The summed E-state index contributed by atoms with van der Waals surface area (Å²) in [6, 6.07) is 10.3. The van der Waals surface area contributed by atoms with Crippen LogP contribution in [0.4, 0.5) is 11.8 Å². The van der Waals surface area contributed by atoms with E-state index in [1.807, 2.05) is 24.5 Å². The third kappa shape index (κ3) is 6.29. The molecule has 1 N–H and O–H groups in total. The van der Waals surface area contributed by atoms with Gasteiger partial charge in [0, 0.05) is 32.7 Å². The minimum atomic E-state index is -3.20. The number of hydrogen-bond donors (Lipinski definition) is 1. The molecule has 9 nitrogen and oxygen atoms in total. The molecule has 1 atom stereocenters. The number of benzene rings is 1. The first kappa shape index (κ1) is 25.4. The van der Waals surface area contributed by atoms with Gasteiger partial charge in [0.25, 0.3) is 0 Å². The minimum Gasteiger partial charge on any atom is -0.368 e. The molecule has 1 aliphatic heterocycles. The summed E-state index contributed by atoms with van der Waals surface area (Å²) in [7, 11) is -3.20. The second-order valence-electron chi connectivity index (χ2n) is 9.35. The number of fused-ring (bicyclic) bond motifs is 1. The van der Waals surface area contributed by atoms with E-state index in [1.54, 1.807) is 0 Å². The summed E-state index contributed by atoms with van der Waals surface area (Å²) >= 11 is 0. The average molecular weight is 500 g/mol. The summed E-state index contributed by atoms with van der Waals surface area (Å²) in [4.78, 5) is 16.5. The van der Waals surface area contributed by atoms with Crippen LogP contribution in [0, 0.1) is 5.92 Å². The lowest BCUT2D eigenvalue weighted by Gasteiger charge is -2.33. The van der Waals surface area contributed by atoms with Crippen LogP contribution in [-0.2, 0) is 16.6 Å². The van der Waals surface area contributed by atoms with E-state index >= 15 is 0 Å². The van der Waals surface area contributed by atoms with E-state index in [0.717, 1.165) is 29.9 Å². The Labute approximate surface area is 208 Å². The fourth-order valence-corrected chi connectivity index (χ4v) is 5.32. The second kappa shape index (κ2) is 11.3. The third-order valence-electron chi connectivity index (χ3n) is 6.74. The Balaban J connectivity index is 1.63. The maximum atomic E-state index is 11.9. The van der Waals surface area contributed by atoms with Crippen molar-refractivity contribution in [3.63, 3.8) is 0 Å². The molecular weight excluding hydrogens is 462 g/mol. The van der Waals surface area contributed by atoms with Gasteiger partial charge in [-0.3, -0.25) is 0 Å². The topological polar surface area (TPSA) is 96.2 Å². The Morgan fingerprint density at radius 1 is 1.06 bits per heavy atom. The maximum absolute atomic E-state index is 11.9. The number of unbranched alkanes of at least 4 members (excludes halogenated alkanes) is 1. The van der Waals surface area contributed by atoms with Crippen LogP contribution < -0.4 is 10.2 Å². The number of nitrogens with one attached hydrogen (secondary N) is 1. The van der Waals surface area contributed by atoms with Crippen molar-refractivity contribution in [1.82, 2.24) is 23.8 Å². The molecule has 10 heteroatoms. The van der Waals surface area contributed by atoms with Gasteiger partial charge in [0.1, 0.15) is 0 Å². The lowest BCUT2D eigenvalue weighted by atomic mass is 9.99. The van der Waals surface area contributed by atoms with Gasteiger partial charge < -0.3 is 14.8 Å². The van der Waals surface area contributed by atoms with Crippen molar-refractivity contribution in [2.75, 3.05) is 49.2 Å². The van der Waals surface area contributed by atoms with Gasteiger partial charge in [0.15, 0.2) is 17.0 Å². The van der Waals surface area contributed by atoms with Crippen molar-refractivity contribution in [3.8, 4) is 0 Å². The number of rotatable bonds is 11. The van der Waals surface area contributed by atoms with Crippen LogP contribution >= 0.6 is 0 Å². The third-order valence-corrected chi connectivity index (χ3v) is 8.04. The summed E-state index contributed by atoms with van der Waals surface area (Å²) < 4.78 is 27.5. The van der Waals surface area contributed by atoms with Crippen molar-refractivity contribution < 1.29 is 8.42 Å².